The molecule has 1 aromatic rings. The smallest absolute Gasteiger partial charge is 0.231 e. The van der Waals surface area contributed by atoms with Gasteiger partial charge in [0.15, 0.2) is 5.96 Å². The summed E-state index contributed by atoms with van der Waals surface area (Å²) in [7, 11) is 1.72. The number of carbonyl (C=O) groups excluding carboxylic acids is 1. The second-order valence-electron chi connectivity index (χ2n) is 7.28. The minimum atomic E-state index is -0.472. The largest absolute Gasteiger partial charge is 0.369 e. The van der Waals surface area contributed by atoms with Crippen LogP contribution in [-0.2, 0) is 16.8 Å². The molecule has 2 spiro atoms. The van der Waals surface area contributed by atoms with Crippen LogP contribution in [-0.4, -0.2) is 23.8 Å². The molecule has 2 N–H and O–H groups in total. The highest BCUT2D eigenvalue weighted by Gasteiger charge is 2.60. The van der Waals surface area contributed by atoms with Crippen molar-refractivity contribution in [1.82, 2.24) is 4.90 Å². The number of nitrogens with two attached hydrogens (primary N) is 1. The van der Waals surface area contributed by atoms with Crippen molar-refractivity contribution >= 4 is 27.8 Å². The fourth-order valence-corrected chi connectivity index (χ4v) is 5.30. The number of hydrogen-bond donors (Lipinski definition) is 1. The molecule has 122 valence electrons. The number of rotatable bonds is 0. The standard InChI is InChI=1S/C18H22BrN3O/c1-22-15(23)11-18(21-16(22)20)14-9-13(19)6-5-12(14)10-17(18)7-3-2-4-8-17/h5-6,9H,2-4,7-8,10-11H2,1H3,(H2,20,21). The van der Waals surface area contributed by atoms with E-state index in [0.29, 0.717) is 12.4 Å². The Bertz CT molecular complexity index is 708. The maximum atomic E-state index is 12.6. The van der Waals surface area contributed by atoms with E-state index in [1.807, 2.05) is 0 Å². The predicted octanol–water partition coefficient (Wildman–Crippen LogP) is 3.33. The lowest BCUT2D eigenvalue weighted by molar-refractivity contribution is -0.130. The zero-order valence-corrected chi connectivity index (χ0v) is 15.0. The fraction of sp³-hybridized carbons (Fsp3) is 0.556. The number of guanidine groups is 1. The van der Waals surface area contributed by atoms with Gasteiger partial charge in [-0.1, -0.05) is 41.3 Å². The number of benzene rings is 1. The molecule has 1 fully saturated rings. The maximum absolute atomic E-state index is 12.6. The SMILES string of the molecule is CN1C(=O)CC2(N=C1N)c1cc(Br)ccc1CC21CCCCC1. The summed E-state index contributed by atoms with van der Waals surface area (Å²) in [4.78, 5) is 19.1. The third-order valence-corrected chi connectivity index (χ3v) is 6.66. The molecule has 0 radical (unpaired) electrons. The number of amides is 1. The molecule has 1 atom stereocenters. The Kier molecular flexibility index (Phi) is 3.34. The highest BCUT2D eigenvalue weighted by Crippen LogP contribution is 2.62. The number of halogens is 1. The summed E-state index contributed by atoms with van der Waals surface area (Å²) in [6.45, 7) is 0. The van der Waals surface area contributed by atoms with E-state index in [0.717, 1.165) is 23.7 Å². The maximum Gasteiger partial charge on any atom is 0.231 e. The van der Waals surface area contributed by atoms with E-state index >= 15 is 0 Å². The molecule has 23 heavy (non-hydrogen) atoms. The van der Waals surface area contributed by atoms with Crippen molar-refractivity contribution in [3.63, 3.8) is 0 Å². The third-order valence-electron chi connectivity index (χ3n) is 6.16. The summed E-state index contributed by atoms with van der Waals surface area (Å²) in [5, 5.41) is 0. The molecule has 1 aromatic carbocycles. The monoisotopic (exact) mass is 375 g/mol. The van der Waals surface area contributed by atoms with Gasteiger partial charge < -0.3 is 5.73 Å². The van der Waals surface area contributed by atoms with Crippen LogP contribution < -0.4 is 5.73 Å². The zero-order valence-electron chi connectivity index (χ0n) is 13.4. The molecule has 1 saturated carbocycles. The summed E-state index contributed by atoms with van der Waals surface area (Å²) in [6.07, 6.45) is 7.44. The van der Waals surface area contributed by atoms with Crippen LogP contribution in [0.3, 0.4) is 0 Å². The second kappa shape index (κ2) is 5.07. The number of aliphatic imine (C=N–C) groups is 1. The van der Waals surface area contributed by atoms with Crippen molar-refractivity contribution in [3.05, 3.63) is 33.8 Å². The van der Waals surface area contributed by atoms with Crippen LogP contribution in [0, 0.1) is 5.41 Å². The van der Waals surface area contributed by atoms with E-state index in [2.05, 4.69) is 34.1 Å². The average molecular weight is 376 g/mol. The molecular formula is C18H22BrN3O. The van der Waals surface area contributed by atoms with Crippen molar-refractivity contribution < 1.29 is 4.79 Å². The summed E-state index contributed by atoms with van der Waals surface area (Å²) in [5.41, 5.74) is 8.27. The van der Waals surface area contributed by atoms with Crippen LogP contribution in [0.5, 0.6) is 0 Å². The van der Waals surface area contributed by atoms with Gasteiger partial charge in [-0.15, -0.1) is 0 Å². The van der Waals surface area contributed by atoms with Gasteiger partial charge in [-0.3, -0.25) is 9.69 Å². The van der Waals surface area contributed by atoms with Crippen molar-refractivity contribution in [3.8, 4) is 0 Å². The van der Waals surface area contributed by atoms with E-state index in [-0.39, 0.29) is 11.3 Å². The molecule has 1 aliphatic heterocycles. The Hall–Kier alpha value is -1.36. The van der Waals surface area contributed by atoms with E-state index in [1.54, 1.807) is 7.05 Å². The lowest BCUT2D eigenvalue weighted by Crippen LogP contribution is -2.54. The third kappa shape index (κ3) is 2.02. The Morgan fingerprint density at radius 1 is 1.22 bits per heavy atom. The van der Waals surface area contributed by atoms with Gasteiger partial charge in [0.2, 0.25) is 5.91 Å². The normalized spacial score (nSPS) is 29.0. The highest BCUT2D eigenvalue weighted by atomic mass is 79.9. The second-order valence-corrected chi connectivity index (χ2v) is 8.19. The number of carbonyl (C=O) groups is 1. The fourth-order valence-electron chi connectivity index (χ4n) is 4.94. The van der Waals surface area contributed by atoms with Gasteiger partial charge in [-0.25, -0.2) is 4.99 Å². The van der Waals surface area contributed by atoms with Crippen LogP contribution in [0.2, 0.25) is 0 Å². The van der Waals surface area contributed by atoms with Gasteiger partial charge in [0.25, 0.3) is 0 Å². The van der Waals surface area contributed by atoms with Crippen molar-refractivity contribution in [2.75, 3.05) is 7.05 Å². The van der Waals surface area contributed by atoms with Gasteiger partial charge in [0.1, 0.15) is 5.54 Å². The summed E-state index contributed by atoms with van der Waals surface area (Å²) in [5.74, 6) is 0.439. The van der Waals surface area contributed by atoms with E-state index in [9.17, 15) is 4.79 Å². The minimum absolute atomic E-state index is 0.0515. The molecule has 0 saturated heterocycles. The lowest BCUT2D eigenvalue weighted by atomic mass is 9.60. The first kappa shape index (κ1) is 15.2. The van der Waals surface area contributed by atoms with Gasteiger partial charge in [-0.2, -0.15) is 0 Å². The van der Waals surface area contributed by atoms with Gasteiger partial charge in [0, 0.05) is 16.9 Å². The highest BCUT2D eigenvalue weighted by molar-refractivity contribution is 9.10. The van der Waals surface area contributed by atoms with Gasteiger partial charge in [-0.05, 0) is 42.5 Å². The molecule has 0 aromatic heterocycles. The average Bonchev–Trinajstić information content (AvgIpc) is 2.76. The predicted molar refractivity (Wildman–Crippen MR) is 94.1 cm³/mol. The first-order valence-corrected chi connectivity index (χ1v) is 9.18. The molecule has 4 nitrogen and oxygen atoms in total. The summed E-state index contributed by atoms with van der Waals surface area (Å²) >= 11 is 3.59. The van der Waals surface area contributed by atoms with Crippen LogP contribution in [0.1, 0.15) is 49.7 Å². The van der Waals surface area contributed by atoms with E-state index < -0.39 is 5.54 Å². The van der Waals surface area contributed by atoms with E-state index in [4.69, 9.17) is 10.7 Å². The summed E-state index contributed by atoms with van der Waals surface area (Å²) in [6, 6.07) is 6.45. The van der Waals surface area contributed by atoms with Crippen molar-refractivity contribution in [1.29, 1.82) is 0 Å². The first-order valence-electron chi connectivity index (χ1n) is 8.38. The molecule has 1 unspecified atom stereocenters. The Morgan fingerprint density at radius 3 is 2.65 bits per heavy atom. The molecule has 5 heteroatoms. The molecule has 4 rings (SSSR count). The zero-order chi connectivity index (χ0) is 16.2. The van der Waals surface area contributed by atoms with Gasteiger partial charge in [0.05, 0.1) is 6.42 Å². The van der Waals surface area contributed by atoms with Crippen LogP contribution in [0.15, 0.2) is 27.7 Å². The van der Waals surface area contributed by atoms with Crippen LogP contribution in [0.4, 0.5) is 0 Å². The number of nitrogens with zero attached hydrogens (tertiary/aromatic N) is 2. The Balaban J connectivity index is 1.96. The lowest BCUT2D eigenvalue weighted by Gasteiger charge is -2.48. The number of fused-ring (bicyclic) bond motifs is 3. The topological polar surface area (TPSA) is 58.7 Å². The minimum Gasteiger partial charge on any atom is -0.369 e. The number of hydrogen-bond acceptors (Lipinski definition) is 3. The Labute approximate surface area is 145 Å². The van der Waals surface area contributed by atoms with Gasteiger partial charge >= 0.3 is 0 Å². The molecule has 3 aliphatic rings. The summed E-state index contributed by atoms with van der Waals surface area (Å²) < 4.78 is 1.05. The first-order chi connectivity index (χ1) is 11.0. The molecule has 0 bridgehead atoms. The quantitative estimate of drug-likeness (QED) is 0.755. The molecule has 2 aliphatic carbocycles. The van der Waals surface area contributed by atoms with Crippen molar-refractivity contribution in [2.45, 2.75) is 50.5 Å². The van der Waals surface area contributed by atoms with Crippen LogP contribution in [0.25, 0.3) is 0 Å². The van der Waals surface area contributed by atoms with E-state index in [1.165, 1.54) is 35.3 Å². The molecule has 1 heterocycles. The molecule has 1 amide bonds. The van der Waals surface area contributed by atoms with Crippen molar-refractivity contribution in [2.24, 2.45) is 16.1 Å². The molecular weight excluding hydrogens is 354 g/mol. The van der Waals surface area contributed by atoms with Crippen LogP contribution >= 0.6 is 15.9 Å². The Morgan fingerprint density at radius 2 is 1.96 bits per heavy atom.